The summed E-state index contributed by atoms with van der Waals surface area (Å²) in [5.74, 6) is 0. The molecule has 6 heteroatoms. The normalized spacial score (nSPS) is 11.7. The van der Waals surface area contributed by atoms with Gasteiger partial charge in [-0.05, 0) is 35.7 Å². The third-order valence-corrected chi connectivity index (χ3v) is 4.17. The molecule has 0 aliphatic heterocycles. The zero-order valence-electron chi connectivity index (χ0n) is 14.4. The van der Waals surface area contributed by atoms with Crippen LogP contribution in [0.15, 0.2) is 55.0 Å². The maximum atomic E-state index is 13.2. The van der Waals surface area contributed by atoms with Gasteiger partial charge in [-0.3, -0.25) is 14.8 Å². The summed E-state index contributed by atoms with van der Waals surface area (Å²) >= 11 is 0. The van der Waals surface area contributed by atoms with E-state index in [-0.39, 0.29) is 11.1 Å². The van der Waals surface area contributed by atoms with Gasteiger partial charge in [0, 0.05) is 23.5 Å². The van der Waals surface area contributed by atoms with E-state index in [1.165, 1.54) is 12.1 Å². The fourth-order valence-electron chi connectivity index (χ4n) is 2.78. The molecule has 0 saturated heterocycles. The molecule has 0 saturated carbocycles. The molecular weight excluding hydrogens is 353 g/mol. The first-order valence-electron chi connectivity index (χ1n) is 8.10. The second kappa shape index (κ2) is 7.53. The number of rotatable bonds is 4. The minimum atomic E-state index is -4.50. The lowest BCUT2D eigenvalue weighted by atomic mass is 9.98. The summed E-state index contributed by atoms with van der Waals surface area (Å²) < 4.78 is 39.7. The van der Waals surface area contributed by atoms with Crippen LogP contribution in [0.5, 0.6) is 0 Å². The van der Waals surface area contributed by atoms with Crippen molar-refractivity contribution in [2.24, 2.45) is 0 Å². The van der Waals surface area contributed by atoms with Crippen molar-refractivity contribution in [3.63, 3.8) is 0 Å². The molecular formula is C21H15F3N2O. The molecule has 0 fully saturated rings. The van der Waals surface area contributed by atoms with Gasteiger partial charge >= 0.3 is 6.18 Å². The zero-order valence-corrected chi connectivity index (χ0v) is 14.4. The zero-order chi connectivity index (χ0) is 19.4. The third-order valence-electron chi connectivity index (χ3n) is 4.17. The molecule has 3 aromatic rings. The maximum Gasteiger partial charge on any atom is 0.416 e. The Morgan fingerprint density at radius 1 is 1.00 bits per heavy atom. The van der Waals surface area contributed by atoms with Crippen LogP contribution in [0.4, 0.5) is 13.2 Å². The van der Waals surface area contributed by atoms with Crippen molar-refractivity contribution < 1.29 is 18.0 Å². The number of halogens is 3. The van der Waals surface area contributed by atoms with Crippen molar-refractivity contribution >= 4 is 18.4 Å². The van der Waals surface area contributed by atoms with Gasteiger partial charge in [-0.25, -0.2) is 0 Å². The minimum Gasteiger partial charge on any atom is -0.298 e. The topological polar surface area (TPSA) is 42.9 Å². The van der Waals surface area contributed by atoms with Gasteiger partial charge in [0.25, 0.3) is 0 Å². The molecule has 3 rings (SSSR count). The number of aldehydes is 1. The Hall–Kier alpha value is -3.28. The highest BCUT2D eigenvalue weighted by atomic mass is 19.4. The van der Waals surface area contributed by atoms with Crippen LogP contribution in [-0.4, -0.2) is 16.3 Å². The molecule has 2 aromatic carbocycles. The Balaban J connectivity index is 2.04. The average Bonchev–Trinajstić information content (AvgIpc) is 2.67. The Morgan fingerprint density at radius 2 is 1.78 bits per heavy atom. The van der Waals surface area contributed by atoms with E-state index in [1.54, 1.807) is 24.7 Å². The minimum absolute atomic E-state index is 0.0589. The summed E-state index contributed by atoms with van der Waals surface area (Å²) in [4.78, 5) is 19.2. The summed E-state index contributed by atoms with van der Waals surface area (Å²) in [6, 6.07) is 8.81. The number of aromatic nitrogens is 2. The third kappa shape index (κ3) is 4.11. The monoisotopic (exact) mass is 368 g/mol. The predicted octanol–water partition coefficient (Wildman–Crippen LogP) is 5.45. The van der Waals surface area contributed by atoms with E-state index in [2.05, 4.69) is 9.97 Å². The van der Waals surface area contributed by atoms with E-state index in [4.69, 9.17) is 0 Å². The Morgan fingerprint density at radius 3 is 2.44 bits per heavy atom. The lowest BCUT2D eigenvalue weighted by molar-refractivity contribution is -0.137. The fraction of sp³-hybridized carbons (Fsp3) is 0.0952. The largest absolute Gasteiger partial charge is 0.416 e. The molecule has 136 valence electrons. The second-order valence-electron chi connectivity index (χ2n) is 5.91. The molecule has 27 heavy (non-hydrogen) atoms. The molecule has 0 atom stereocenters. The molecule has 0 bridgehead atoms. The van der Waals surface area contributed by atoms with Crippen LogP contribution >= 0.6 is 0 Å². The lowest BCUT2D eigenvalue weighted by Gasteiger charge is -2.11. The Bertz CT molecular complexity index is 996. The molecule has 0 aliphatic carbocycles. The van der Waals surface area contributed by atoms with E-state index in [1.807, 2.05) is 25.1 Å². The molecule has 3 nitrogen and oxygen atoms in total. The van der Waals surface area contributed by atoms with Crippen molar-refractivity contribution in [3.8, 4) is 11.3 Å². The van der Waals surface area contributed by atoms with E-state index >= 15 is 0 Å². The highest BCUT2D eigenvalue weighted by molar-refractivity contribution is 5.81. The SMILES string of the molecule is Cc1c(/C=C/c2cc(C=O)ccc2C(F)(F)F)cccc1-c1cnccn1. The first kappa shape index (κ1) is 18.5. The van der Waals surface area contributed by atoms with Crippen LogP contribution in [0.25, 0.3) is 23.4 Å². The molecule has 0 spiro atoms. The summed E-state index contributed by atoms with van der Waals surface area (Å²) in [5.41, 5.74) is 2.50. The molecule has 1 heterocycles. The number of alkyl halides is 3. The van der Waals surface area contributed by atoms with Crippen LogP contribution in [0.1, 0.15) is 32.6 Å². The van der Waals surface area contributed by atoms with Crippen LogP contribution in [0, 0.1) is 6.92 Å². The van der Waals surface area contributed by atoms with Gasteiger partial charge in [0.2, 0.25) is 0 Å². The van der Waals surface area contributed by atoms with E-state index in [0.717, 1.165) is 28.8 Å². The predicted molar refractivity (Wildman–Crippen MR) is 98.0 cm³/mol. The number of benzene rings is 2. The van der Waals surface area contributed by atoms with Gasteiger partial charge in [0.1, 0.15) is 6.29 Å². The highest BCUT2D eigenvalue weighted by Gasteiger charge is 2.32. The first-order valence-corrected chi connectivity index (χ1v) is 8.10. The van der Waals surface area contributed by atoms with Crippen molar-refractivity contribution in [2.45, 2.75) is 13.1 Å². The number of nitrogens with zero attached hydrogens (tertiary/aromatic N) is 2. The van der Waals surface area contributed by atoms with Crippen LogP contribution in [0.2, 0.25) is 0 Å². The number of hydrogen-bond donors (Lipinski definition) is 0. The molecule has 0 radical (unpaired) electrons. The molecule has 0 N–H and O–H groups in total. The maximum absolute atomic E-state index is 13.2. The van der Waals surface area contributed by atoms with Crippen molar-refractivity contribution in [1.29, 1.82) is 0 Å². The first-order chi connectivity index (χ1) is 12.9. The van der Waals surface area contributed by atoms with Gasteiger partial charge in [0.15, 0.2) is 0 Å². The average molecular weight is 368 g/mol. The van der Waals surface area contributed by atoms with Crippen molar-refractivity contribution in [1.82, 2.24) is 9.97 Å². The number of hydrogen-bond acceptors (Lipinski definition) is 3. The highest BCUT2D eigenvalue weighted by Crippen LogP contribution is 2.33. The van der Waals surface area contributed by atoms with Crippen LogP contribution in [-0.2, 0) is 6.18 Å². The summed E-state index contributed by atoms with van der Waals surface area (Å²) in [5, 5.41) is 0. The molecule has 0 aliphatic rings. The smallest absolute Gasteiger partial charge is 0.298 e. The van der Waals surface area contributed by atoms with Crippen molar-refractivity contribution in [3.05, 3.63) is 82.8 Å². The van der Waals surface area contributed by atoms with Gasteiger partial charge in [-0.15, -0.1) is 0 Å². The van der Waals surface area contributed by atoms with Crippen molar-refractivity contribution in [2.75, 3.05) is 0 Å². The van der Waals surface area contributed by atoms with E-state index in [0.29, 0.717) is 12.0 Å². The van der Waals surface area contributed by atoms with Gasteiger partial charge in [0.05, 0.1) is 17.5 Å². The quantitative estimate of drug-likeness (QED) is 0.454. The van der Waals surface area contributed by atoms with Gasteiger partial charge in [-0.2, -0.15) is 13.2 Å². The van der Waals surface area contributed by atoms with E-state index in [9.17, 15) is 18.0 Å². The Labute approximate surface area is 154 Å². The molecule has 0 unspecified atom stereocenters. The number of carbonyl (C=O) groups is 1. The standard InChI is InChI=1S/C21H15F3N2O/c1-14-16(3-2-4-18(14)20-12-25-9-10-26-20)6-7-17-11-15(13-27)5-8-19(17)21(22,23)24/h2-13H,1H3/b7-6+. The summed E-state index contributed by atoms with van der Waals surface area (Å²) in [6.45, 7) is 1.87. The summed E-state index contributed by atoms with van der Waals surface area (Å²) in [6.07, 6.45) is 3.78. The van der Waals surface area contributed by atoms with Gasteiger partial charge in [-0.1, -0.05) is 36.4 Å². The van der Waals surface area contributed by atoms with Crippen LogP contribution in [0.3, 0.4) is 0 Å². The van der Waals surface area contributed by atoms with Crippen LogP contribution < -0.4 is 0 Å². The second-order valence-corrected chi connectivity index (χ2v) is 5.91. The molecule has 1 aromatic heterocycles. The van der Waals surface area contributed by atoms with E-state index < -0.39 is 11.7 Å². The number of carbonyl (C=O) groups excluding carboxylic acids is 1. The summed E-state index contributed by atoms with van der Waals surface area (Å²) in [7, 11) is 0. The lowest BCUT2D eigenvalue weighted by Crippen LogP contribution is -2.07. The fourth-order valence-corrected chi connectivity index (χ4v) is 2.78. The molecule has 0 amide bonds. The Kier molecular flexibility index (Phi) is 5.16. The van der Waals surface area contributed by atoms with Gasteiger partial charge < -0.3 is 0 Å².